The summed E-state index contributed by atoms with van der Waals surface area (Å²) in [6, 6.07) is 10.3. The van der Waals surface area contributed by atoms with Gasteiger partial charge in [-0.25, -0.2) is 4.98 Å². The van der Waals surface area contributed by atoms with E-state index in [1.165, 1.54) is 12.8 Å². The second kappa shape index (κ2) is 8.15. The van der Waals surface area contributed by atoms with Crippen LogP contribution in [0.3, 0.4) is 0 Å². The molecular weight excluding hydrogens is 352 g/mol. The molecule has 1 saturated heterocycles. The van der Waals surface area contributed by atoms with Crippen molar-refractivity contribution in [2.45, 2.75) is 25.3 Å². The molecule has 0 radical (unpaired) electrons. The second-order valence-electron chi connectivity index (χ2n) is 6.97. The summed E-state index contributed by atoms with van der Waals surface area (Å²) in [5, 5.41) is 28.3. The molecule has 1 unspecified atom stereocenters. The van der Waals surface area contributed by atoms with Gasteiger partial charge in [-0.1, -0.05) is 0 Å². The fraction of sp³-hybridized carbons (Fsp3) is 0.350. The molecule has 4 heterocycles. The summed E-state index contributed by atoms with van der Waals surface area (Å²) >= 11 is 0. The summed E-state index contributed by atoms with van der Waals surface area (Å²) < 4.78 is 0. The van der Waals surface area contributed by atoms with Gasteiger partial charge in [-0.15, -0.1) is 10.2 Å². The molecule has 0 amide bonds. The highest BCUT2D eigenvalue weighted by Crippen LogP contribution is 2.25. The van der Waals surface area contributed by atoms with E-state index in [1.807, 2.05) is 31.3 Å². The van der Waals surface area contributed by atoms with Crippen LogP contribution in [0, 0.1) is 11.3 Å². The maximum Gasteiger partial charge on any atom is 0.151 e. The molecule has 0 saturated carbocycles. The van der Waals surface area contributed by atoms with Crippen LogP contribution >= 0.6 is 0 Å². The largest absolute Gasteiger partial charge is 0.358 e. The van der Waals surface area contributed by atoms with Gasteiger partial charge in [-0.05, 0) is 50.1 Å². The van der Waals surface area contributed by atoms with E-state index in [4.69, 9.17) is 0 Å². The molecule has 4 rings (SSSR count). The number of aromatic amines is 1. The molecule has 0 bridgehead atoms. The van der Waals surface area contributed by atoms with Crippen molar-refractivity contribution in [3.63, 3.8) is 0 Å². The molecule has 8 heteroatoms. The van der Waals surface area contributed by atoms with Crippen LogP contribution in [0.1, 0.15) is 25.0 Å². The molecule has 8 nitrogen and oxygen atoms in total. The van der Waals surface area contributed by atoms with Crippen LogP contribution in [-0.2, 0) is 0 Å². The first-order valence-corrected chi connectivity index (χ1v) is 9.43. The Morgan fingerprint density at radius 2 is 2.11 bits per heavy atom. The minimum absolute atomic E-state index is 0.339. The Balaban J connectivity index is 1.48. The van der Waals surface area contributed by atoms with Gasteiger partial charge in [0.05, 0.1) is 11.9 Å². The van der Waals surface area contributed by atoms with Crippen LogP contribution in [0.15, 0.2) is 36.7 Å². The molecule has 0 aliphatic carbocycles. The predicted molar refractivity (Wildman–Crippen MR) is 106 cm³/mol. The van der Waals surface area contributed by atoms with Gasteiger partial charge >= 0.3 is 0 Å². The summed E-state index contributed by atoms with van der Waals surface area (Å²) in [6.07, 6.45) is 7.02. The number of anilines is 1. The molecule has 142 valence electrons. The highest BCUT2D eigenvalue weighted by atomic mass is 15.2. The zero-order valence-electron chi connectivity index (χ0n) is 15.8. The zero-order valence-corrected chi connectivity index (χ0v) is 15.8. The Bertz CT molecular complexity index is 953. The van der Waals surface area contributed by atoms with Crippen molar-refractivity contribution < 1.29 is 0 Å². The molecule has 3 aromatic rings. The van der Waals surface area contributed by atoms with E-state index >= 15 is 0 Å². The standard InChI is InChI=1S/C20H22N8/c1-28(10-8-15-3-2-9-22-15)20-7-6-18(26-27-20)17-5-4-16(19(11-21)25-17)14-12-23-24-13-14/h4-7,12-13,15,22H,2-3,8-10H2,1H3,(H,23,24). The minimum atomic E-state index is 0.339. The first-order valence-electron chi connectivity index (χ1n) is 9.43. The molecule has 3 aromatic heterocycles. The predicted octanol–water partition coefficient (Wildman–Crippen LogP) is 2.38. The molecule has 1 aliphatic rings. The Morgan fingerprint density at radius 3 is 2.79 bits per heavy atom. The lowest BCUT2D eigenvalue weighted by Gasteiger charge is -2.20. The van der Waals surface area contributed by atoms with Gasteiger partial charge in [0.25, 0.3) is 0 Å². The molecule has 1 fully saturated rings. The van der Waals surface area contributed by atoms with Crippen LogP contribution < -0.4 is 10.2 Å². The van der Waals surface area contributed by atoms with Crippen LogP contribution in [0.5, 0.6) is 0 Å². The number of rotatable bonds is 6. The van der Waals surface area contributed by atoms with Crippen molar-refractivity contribution in [1.29, 1.82) is 5.26 Å². The number of hydrogen-bond acceptors (Lipinski definition) is 7. The first-order chi connectivity index (χ1) is 13.7. The summed E-state index contributed by atoms with van der Waals surface area (Å²) in [4.78, 5) is 6.57. The van der Waals surface area contributed by atoms with Crippen molar-refractivity contribution in [1.82, 2.24) is 30.7 Å². The molecule has 2 N–H and O–H groups in total. The Labute approximate surface area is 163 Å². The maximum absolute atomic E-state index is 9.46. The Hall–Kier alpha value is -3.31. The summed E-state index contributed by atoms with van der Waals surface area (Å²) in [5.74, 6) is 0.831. The topological polar surface area (TPSA) is 106 Å². The molecule has 1 aliphatic heterocycles. The average molecular weight is 374 g/mol. The van der Waals surface area contributed by atoms with E-state index in [0.29, 0.717) is 23.1 Å². The maximum atomic E-state index is 9.46. The number of H-pyrrole nitrogens is 1. The summed E-state index contributed by atoms with van der Waals surface area (Å²) in [6.45, 7) is 2.06. The fourth-order valence-corrected chi connectivity index (χ4v) is 3.45. The highest BCUT2D eigenvalue weighted by molar-refractivity contribution is 5.70. The number of pyridine rings is 1. The SMILES string of the molecule is CN(CCC1CCCN1)c1ccc(-c2ccc(-c3cn[nH]c3)c(C#N)n2)nn1. The number of nitrogens with zero attached hydrogens (tertiary/aromatic N) is 6. The van der Waals surface area contributed by atoms with E-state index < -0.39 is 0 Å². The van der Waals surface area contributed by atoms with E-state index in [2.05, 4.69) is 41.7 Å². The Morgan fingerprint density at radius 1 is 1.21 bits per heavy atom. The fourth-order valence-electron chi connectivity index (χ4n) is 3.45. The van der Waals surface area contributed by atoms with Gasteiger partial charge in [-0.2, -0.15) is 10.4 Å². The smallest absolute Gasteiger partial charge is 0.151 e. The number of hydrogen-bond donors (Lipinski definition) is 2. The highest BCUT2D eigenvalue weighted by Gasteiger charge is 2.15. The van der Waals surface area contributed by atoms with E-state index in [9.17, 15) is 5.26 Å². The normalized spacial score (nSPS) is 16.1. The van der Waals surface area contributed by atoms with Crippen molar-refractivity contribution in [2.75, 3.05) is 25.0 Å². The third kappa shape index (κ3) is 3.85. The van der Waals surface area contributed by atoms with Gasteiger partial charge in [0, 0.05) is 37.0 Å². The van der Waals surface area contributed by atoms with Gasteiger partial charge < -0.3 is 10.2 Å². The molecule has 0 spiro atoms. The lowest BCUT2D eigenvalue weighted by atomic mass is 10.1. The van der Waals surface area contributed by atoms with Crippen molar-refractivity contribution in [3.05, 3.63) is 42.4 Å². The Kier molecular flexibility index (Phi) is 5.26. The van der Waals surface area contributed by atoms with Crippen LogP contribution in [0.2, 0.25) is 0 Å². The minimum Gasteiger partial charge on any atom is -0.358 e. The van der Waals surface area contributed by atoms with Crippen LogP contribution in [0.4, 0.5) is 5.82 Å². The quantitative estimate of drug-likeness (QED) is 0.682. The lowest BCUT2D eigenvalue weighted by molar-refractivity contribution is 0.557. The first kappa shape index (κ1) is 18.1. The second-order valence-corrected chi connectivity index (χ2v) is 6.97. The van der Waals surface area contributed by atoms with Crippen molar-refractivity contribution >= 4 is 5.82 Å². The van der Waals surface area contributed by atoms with Crippen LogP contribution in [0.25, 0.3) is 22.5 Å². The van der Waals surface area contributed by atoms with Crippen molar-refractivity contribution in [2.24, 2.45) is 0 Å². The van der Waals surface area contributed by atoms with E-state index in [0.717, 1.165) is 36.5 Å². The van der Waals surface area contributed by atoms with E-state index in [-0.39, 0.29) is 0 Å². The molecule has 1 atom stereocenters. The number of aromatic nitrogens is 5. The van der Waals surface area contributed by atoms with E-state index in [1.54, 1.807) is 12.4 Å². The summed E-state index contributed by atoms with van der Waals surface area (Å²) in [7, 11) is 2.03. The van der Waals surface area contributed by atoms with Gasteiger partial charge in [-0.3, -0.25) is 5.10 Å². The average Bonchev–Trinajstić information content (AvgIpc) is 3.46. The van der Waals surface area contributed by atoms with Crippen LogP contribution in [-0.4, -0.2) is 51.6 Å². The third-order valence-electron chi connectivity index (χ3n) is 5.09. The molecular formula is C20H22N8. The van der Waals surface area contributed by atoms with Crippen molar-refractivity contribution in [3.8, 4) is 28.6 Å². The monoisotopic (exact) mass is 374 g/mol. The number of nitriles is 1. The third-order valence-corrected chi connectivity index (χ3v) is 5.09. The molecule has 28 heavy (non-hydrogen) atoms. The summed E-state index contributed by atoms with van der Waals surface area (Å²) in [5.41, 5.74) is 3.18. The molecule has 0 aromatic carbocycles. The van der Waals surface area contributed by atoms with Gasteiger partial charge in [0.15, 0.2) is 5.82 Å². The van der Waals surface area contributed by atoms with Gasteiger partial charge in [0.2, 0.25) is 0 Å². The zero-order chi connectivity index (χ0) is 19.3. The number of nitrogens with one attached hydrogen (secondary N) is 2. The van der Waals surface area contributed by atoms with Gasteiger partial charge in [0.1, 0.15) is 17.5 Å². The lowest BCUT2D eigenvalue weighted by Crippen LogP contribution is -2.28.